The first-order valence-corrected chi connectivity index (χ1v) is 4.00. The Morgan fingerprint density at radius 3 is 2.46 bits per heavy atom. The quantitative estimate of drug-likeness (QED) is 0.660. The number of aryl methyl sites for hydroxylation is 1. The summed E-state index contributed by atoms with van der Waals surface area (Å²) in [6, 6.07) is 11.0. The second-order valence-electron chi connectivity index (χ2n) is 2.80. The van der Waals surface area contributed by atoms with Crippen LogP contribution in [0.25, 0.3) is 11.3 Å². The Balaban J connectivity index is 2.54. The van der Waals surface area contributed by atoms with E-state index in [0.29, 0.717) is 5.76 Å². The van der Waals surface area contributed by atoms with Crippen molar-refractivity contribution in [2.45, 2.75) is 0 Å². The molecule has 13 heavy (non-hydrogen) atoms. The van der Waals surface area contributed by atoms with Crippen molar-refractivity contribution in [1.82, 2.24) is 4.74 Å². The SMILES string of the molecule is Cn1oc(-c2ccccc2)cc1=O. The summed E-state index contributed by atoms with van der Waals surface area (Å²) in [5, 5.41) is 0. The maximum Gasteiger partial charge on any atom is 0.282 e. The molecule has 0 radical (unpaired) electrons. The van der Waals surface area contributed by atoms with Crippen LogP contribution in [0.1, 0.15) is 0 Å². The smallest absolute Gasteiger partial charge is 0.282 e. The van der Waals surface area contributed by atoms with Gasteiger partial charge in [-0.3, -0.25) is 4.79 Å². The summed E-state index contributed by atoms with van der Waals surface area (Å²) in [5.74, 6) is 0.605. The average Bonchev–Trinajstić information content (AvgIpc) is 2.49. The molecule has 0 saturated heterocycles. The van der Waals surface area contributed by atoms with Crippen LogP contribution in [0.3, 0.4) is 0 Å². The molecule has 0 aliphatic carbocycles. The van der Waals surface area contributed by atoms with Crippen LogP contribution < -0.4 is 5.56 Å². The Kier molecular flexibility index (Phi) is 1.77. The van der Waals surface area contributed by atoms with E-state index >= 15 is 0 Å². The van der Waals surface area contributed by atoms with Crippen LogP contribution in [0.15, 0.2) is 45.7 Å². The highest BCUT2D eigenvalue weighted by molar-refractivity contribution is 5.55. The van der Waals surface area contributed by atoms with Crippen molar-refractivity contribution >= 4 is 0 Å². The van der Waals surface area contributed by atoms with Crippen LogP contribution in [-0.2, 0) is 7.05 Å². The molecule has 3 nitrogen and oxygen atoms in total. The van der Waals surface area contributed by atoms with Gasteiger partial charge in [-0.15, -0.1) is 0 Å². The number of benzene rings is 1. The highest BCUT2D eigenvalue weighted by Gasteiger charge is 2.03. The predicted molar refractivity (Wildman–Crippen MR) is 49.4 cm³/mol. The Hall–Kier alpha value is -1.77. The molecule has 0 saturated carbocycles. The van der Waals surface area contributed by atoms with Gasteiger partial charge in [0, 0.05) is 12.6 Å². The maximum atomic E-state index is 11.1. The zero-order valence-corrected chi connectivity index (χ0v) is 7.23. The molecular formula is C10H9NO2. The van der Waals surface area contributed by atoms with Crippen LogP contribution in [-0.4, -0.2) is 4.74 Å². The monoisotopic (exact) mass is 175 g/mol. The molecule has 3 heteroatoms. The van der Waals surface area contributed by atoms with Crippen LogP contribution in [0.2, 0.25) is 0 Å². The summed E-state index contributed by atoms with van der Waals surface area (Å²) in [6.07, 6.45) is 0. The lowest BCUT2D eigenvalue weighted by Gasteiger charge is -1.93. The van der Waals surface area contributed by atoms with Gasteiger partial charge in [0.1, 0.15) is 0 Å². The Labute approximate surface area is 75.2 Å². The topological polar surface area (TPSA) is 35.1 Å². The number of rotatable bonds is 1. The van der Waals surface area contributed by atoms with Gasteiger partial charge in [-0.25, -0.2) is 0 Å². The molecule has 0 amide bonds. The van der Waals surface area contributed by atoms with Crippen LogP contribution >= 0.6 is 0 Å². The summed E-state index contributed by atoms with van der Waals surface area (Å²) in [4.78, 5) is 11.1. The zero-order chi connectivity index (χ0) is 9.26. The molecular weight excluding hydrogens is 166 g/mol. The Morgan fingerprint density at radius 1 is 1.23 bits per heavy atom. The van der Waals surface area contributed by atoms with E-state index in [-0.39, 0.29) is 5.56 Å². The van der Waals surface area contributed by atoms with E-state index in [0.717, 1.165) is 5.56 Å². The molecule has 0 aliphatic heterocycles. The number of hydrogen-bond acceptors (Lipinski definition) is 2. The maximum absolute atomic E-state index is 11.1. The first-order chi connectivity index (χ1) is 6.27. The third-order valence-corrected chi connectivity index (χ3v) is 1.86. The molecule has 66 valence electrons. The van der Waals surface area contributed by atoms with E-state index in [1.165, 1.54) is 10.8 Å². The van der Waals surface area contributed by atoms with Gasteiger partial charge in [-0.1, -0.05) is 30.3 Å². The summed E-state index contributed by atoms with van der Waals surface area (Å²) < 4.78 is 6.42. The molecule has 0 fully saturated rings. The Morgan fingerprint density at radius 2 is 1.92 bits per heavy atom. The fourth-order valence-electron chi connectivity index (χ4n) is 1.16. The van der Waals surface area contributed by atoms with Crippen molar-refractivity contribution in [3.05, 3.63) is 46.8 Å². The van der Waals surface area contributed by atoms with Crippen molar-refractivity contribution < 1.29 is 4.52 Å². The van der Waals surface area contributed by atoms with Crippen molar-refractivity contribution in [3.63, 3.8) is 0 Å². The zero-order valence-electron chi connectivity index (χ0n) is 7.23. The molecule has 2 aromatic rings. The van der Waals surface area contributed by atoms with Crippen molar-refractivity contribution in [1.29, 1.82) is 0 Å². The van der Waals surface area contributed by atoms with Gasteiger partial charge < -0.3 is 4.52 Å². The highest BCUT2D eigenvalue weighted by atomic mass is 16.5. The summed E-state index contributed by atoms with van der Waals surface area (Å²) in [7, 11) is 1.59. The summed E-state index contributed by atoms with van der Waals surface area (Å²) in [6.45, 7) is 0. The van der Waals surface area contributed by atoms with Crippen LogP contribution in [0, 0.1) is 0 Å². The molecule has 0 spiro atoms. The van der Waals surface area contributed by atoms with E-state index in [4.69, 9.17) is 4.52 Å². The van der Waals surface area contributed by atoms with Gasteiger partial charge >= 0.3 is 0 Å². The second-order valence-corrected chi connectivity index (χ2v) is 2.80. The molecule has 0 bridgehead atoms. The minimum atomic E-state index is -0.126. The minimum absolute atomic E-state index is 0.126. The van der Waals surface area contributed by atoms with Crippen LogP contribution in [0.5, 0.6) is 0 Å². The molecule has 1 heterocycles. The van der Waals surface area contributed by atoms with Gasteiger partial charge in [0.15, 0.2) is 5.76 Å². The van der Waals surface area contributed by atoms with Gasteiger partial charge in [0.2, 0.25) is 0 Å². The third kappa shape index (κ3) is 1.40. The van der Waals surface area contributed by atoms with E-state index in [1.807, 2.05) is 30.3 Å². The molecule has 2 rings (SSSR count). The fourth-order valence-corrected chi connectivity index (χ4v) is 1.16. The molecule has 0 atom stereocenters. The average molecular weight is 175 g/mol. The molecule has 0 unspecified atom stereocenters. The Bertz CT molecular complexity index is 453. The van der Waals surface area contributed by atoms with E-state index in [9.17, 15) is 4.79 Å². The number of hydrogen-bond donors (Lipinski definition) is 0. The van der Waals surface area contributed by atoms with Gasteiger partial charge in [-0.2, -0.15) is 4.74 Å². The van der Waals surface area contributed by atoms with E-state index < -0.39 is 0 Å². The van der Waals surface area contributed by atoms with Gasteiger partial charge in [-0.05, 0) is 0 Å². The second kappa shape index (κ2) is 2.94. The lowest BCUT2D eigenvalue weighted by Crippen LogP contribution is -2.06. The molecule has 0 N–H and O–H groups in total. The molecule has 0 aliphatic rings. The third-order valence-electron chi connectivity index (χ3n) is 1.86. The normalized spacial score (nSPS) is 10.2. The van der Waals surface area contributed by atoms with Gasteiger partial charge in [0.05, 0.1) is 6.07 Å². The number of aromatic nitrogens is 1. The first-order valence-electron chi connectivity index (χ1n) is 4.00. The van der Waals surface area contributed by atoms with Gasteiger partial charge in [0.25, 0.3) is 5.56 Å². The lowest BCUT2D eigenvalue weighted by atomic mass is 10.2. The molecule has 1 aromatic heterocycles. The predicted octanol–water partition coefficient (Wildman–Crippen LogP) is 1.65. The fraction of sp³-hybridized carbons (Fsp3) is 0.100. The van der Waals surface area contributed by atoms with E-state index in [2.05, 4.69) is 0 Å². The standard InChI is InChI=1S/C10H9NO2/c1-11-10(12)7-9(13-11)8-5-3-2-4-6-8/h2-7H,1H3. The van der Waals surface area contributed by atoms with Crippen molar-refractivity contribution in [2.75, 3.05) is 0 Å². The first kappa shape index (κ1) is 7.86. The van der Waals surface area contributed by atoms with E-state index in [1.54, 1.807) is 7.05 Å². The van der Waals surface area contributed by atoms with Crippen molar-refractivity contribution in [2.24, 2.45) is 7.05 Å². The lowest BCUT2D eigenvalue weighted by molar-refractivity contribution is 0.307. The minimum Gasteiger partial charge on any atom is -0.376 e. The largest absolute Gasteiger partial charge is 0.376 e. The van der Waals surface area contributed by atoms with Crippen molar-refractivity contribution in [3.8, 4) is 11.3 Å². The number of nitrogens with zero attached hydrogens (tertiary/aromatic N) is 1. The highest BCUT2D eigenvalue weighted by Crippen LogP contribution is 2.16. The molecule has 1 aromatic carbocycles. The summed E-state index contributed by atoms with van der Waals surface area (Å²) in [5.41, 5.74) is 0.791. The summed E-state index contributed by atoms with van der Waals surface area (Å²) >= 11 is 0. The van der Waals surface area contributed by atoms with Crippen LogP contribution in [0.4, 0.5) is 0 Å².